The van der Waals surface area contributed by atoms with Crippen molar-refractivity contribution in [2.45, 2.75) is 26.5 Å². The second-order valence-electron chi connectivity index (χ2n) is 5.34. The lowest BCUT2D eigenvalue weighted by Gasteiger charge is -2.12. The first-order chi connectivity index (χ1) is 9.88. The lowest BCUT2D eigenvalue weighted by Crippen LogP contribution is -2.05. The summed E-state index contributed by atoms with van der Waals surface area (Å²) in [5.74, 6) is 0.128. The molecule has 21 heavy (non-hydrogen) atoms. The topological polar surface area (TPSA) is 68.3 Å². The average molecular weight is 353 g/mol. The van der Waals surface area contributed by atoms with E-state index in [1.165, 1.54) is 6.07 Å². The van der Waals surface area contributed by atoms with Crippen LogP contribution in [-0.4, -0.2) is 14.6 Å². The maximum Gasteiger partial charge on any atom is 0.275 e. The second-order valence-corrected chi connectivity index (χ2v) is 6.25. The van der Waals surface area contributed by atoms with E-state index in [1.54, 1.807) is 12.1 Å². The first kappa shape index (κ1) is 15.7. The number of nitrogens with zero attached hydrogens (tertiary/aromatic N) is 2. The van der Waals surface area contributed by atoms with E-state index >= 15 is 0 Å². The van der Waals surface area contributed by atoms with Crippen LogP contribution in [0.5, 0.6) is 0 Å². The van der Waals surface area contributed by atoms with Crippen molar-refractivity contribution < 1.29 is 10.0 Å². The highest BCUT2D eigenvalue weighted by Gasteiger charge is 2.16. The van der Waals surface area contributed by atoms with Gasteiger partial charge in [-0.1, -0.05) is 29.8 Å². The molecule has 0 aliphatic rings. The van der Waals surface area contributed by atoms with Crippen LogP contribution in [0.4, 0.5) is 5.69 Å². The van der Waals surface area contributed by atoms with Crippen molar-refractivity contribution in [3.63, 3.8) is 0 Å². The number of halogens is 1. The molecule has 1 atom stereocenters. The van der Waals surface area contributed by atoms with Gasteiger partial charge in [-0.05, 0) is 29.7 Å². The summed E-state index contributed by atoms with van der Waals surface area (Å²) in [6, 6.07) is 6.87. The summed E-state index contributed by atoms with van der Waals surface area (Å²) >= 11 is 3.24. The molecule has 0 fully saturated rings. The van der Waals surface area contributed by atoms with Crippen LogP contribution in [-0.2, 0) is 6.54 Å². The minimum Gasteiger partial charge on any atom is -0.388 e. The van der Waals surface area contributed by atoms with Gasteiger partial charge in [0.2, 0.25) is 0 Å². The van der Waals surface area contributed by atoms with Gasteiger partial charge in [0, 0.05) is 28.5 Å². The Labute approximate surface area is 131 Å². The Morgan fingerprint density at radius 1 is 1.38 bits per heavy atom. The Morgan fingerprint density at radius 2 is 2.10 bits per heavy atom. The van der Waals surface area contributed by atoms with E-state index < -0.39 is 6.10 Å². The minimum absolute atomic E-state index is 0.0871. The molecule has 1 aromatic carbocycles. The van der Waals surface area contributed by atoms with E-state index in [1.807, 2.05) is 36.9 Å². The van der Waals surface area contributed by atoms with Crippen molar-refractivity contribution in [3.8, 4) is 0 Å². The molecule has 2 rings (SSSR count). The Balaban J connectivity index is 2.25. The quantitative estimate of drug-likeness (QED) is 0.655. The fourth-order valence-corrected chi connectivity index (χ4v) is 2.50. The number of aliphatic hydroxyl groups is 1. The SMILES string of the molecule is CC(C)C(O)c1ccn(Cc2ccc(Br)cc2[N+](=O)[O-])c1. The maximum absolute atomic E-state index is 11.1. The summed E-state index contributed by atoms with van der Waals surface area (Å²) in [6.45, 7) is 4.29. The van der Waals surface area contributed by atoms with Gasteiger partial charge in [0.15, 0.2) is 0 Å². The second kappa shape index (κ2) is 6.41. The van der Waals surface area contributed by atoms with Crippen molar-refractivity contribution in [1.82, 2.24) is 4.57 Å². The van der Waals surface area contributed by atoms with Gasteiger partial charge in [0.1, 0.15) is 0 Å². The summed E-state index contributed by atoms with van der Waals surface area (Å²) < 4.78 is 2.53. The van der Waals surface area contributed by atoms with Crippen LogP contribution in [0, 0.1) is 16.0 Å². The minimum atomic E-state index is -0.522. The number of benzene rings is 1. The molecule has 1 unspecified atom stereocenters. The first-order valence-electron chi connectivity index (χ1n) is 6.65. The molecule has 0 spiro atoms. The zero-order chi connectivity index (χ0) is 15.6. The predicted octanol–water partition coefficient (Wildman–Crippen LogP) is 3.90. The van der Waals surface area contributed by atoms with Crippen LogP contribution in [0.25, 0.3) is 0 Å². The third kappa shape index (κ3) is 3.71. The van der Waals surface area contributed by atoms with E-state index in [4.69, 9.17) is 0 Å². The number of nitro groups is 1. The van der Waals surface area contributed by atoms with E-state index in [0.29, 0.717) is 16.6 Å². The highest BCUT2D eigenvalue weighted by molar-refractivity contribution is 9.10. The molecule has 0 bridgehead atoms. The zero-order valence-corrected chi connectivity index (χ0v) is 13.4. The maximum atomic E-state index is 11.1. The lowest BCUT2D eigenvalue weighted by atomic mass is 10.0. The molecule has 0 amide bonds. The standard InChI is InChI=1S/C15H17BrN2O3/c1-10(2)15(19)12-5-6-17(9-12)8-11-3-4-13(16)7-14(11)18(20)21/h3-7,9-10,15,19H,8H2,1-2H3. The van der Waals surface area contributed by atoms with Crippen molar-refractivity contribution in [2.24, 2.45) is 5.92 Å². The molecule has 0 aliphatic heterocycles. The Kier molecular flexibility index (Phi) is 4.80. The molecule has 6 heteroatoms. The third-order valence-corrected chi connectivity index (χ3v) is 3.84. The van der Waals surface area contributed by atoms with Gasteiger partial charge < -0.3 is 9.67 Å². The van der Waals surface area contributed by atoms with Crippen LogP contribution in [0.3, 0.4) is 0 Å². The van der Waals surface area contributed by atoms with E-state index in [-0.39, 0.29) is 16.5 Å². The van der Waals surface area contributed by atoms with Crippen LogP contribution >= 0.6 is 15.9 Å². The number of hydrogen-bond acceptors (Lipinski definition) is 3. The van der Waals surface area contributed by atoms with Gasteiger partial charge in [0.05, 0.1) is 17.6 Å². The number of nitro benzene ring substituents is 1. The highest BCUT2D eigenvalue weighted by atomic mass is 79.9. The van der Waals surface area contributed by atoms with E-state index in [9.17, 15) is 15.2 Å². The molecular weight excluding hydrogens is 336 g/mol. The molecule has 1 heterocycles. The largest absolute Gasteiger partial charge is 0.388 e. The highest BCUT2D eigenvalue weighted by Crippen LogP contribution is 2.26. The summed E-state index contributed by atoms with van der Waals surface area (Å²) in [6.07, 6.45) is 3.13. The molecule has 1 N–H and O–H groups in total. The Bertz CT molecular complexity index is 652. The average Bonchev–Trinajstić information content (AvgIpc) is 2.88. The van der Waals surface area contributed by atoms with Crippen LogP contribution in [0.15, 0.2) is 41.1 Å². The molecule has 1 aromatic heterocycles. The number of aliphatic hydroxyl groups excluding tert-OH is 1. The number of hydrogen-bond donors (Lipinski definition) is 1. The summed E-state index contributed by atoms with van der Waals surface area (Å²) in [5.41, 5.74) is 1.54. The molecular formula is C15H17BrN2O3. The number of rotatable bonds is 5. The number of aromatic nitrogens is 1. The Hall–Kier alpha value is -1.66. The molecule has 0 saturated carbocycles. The van der Waals surface area contributed by atoms with Gasteiger partial charge in [-0.2, -0.15) is 0 Å². The smallest absolute Gasteiger partial charge is 0.275 e. The van der Waals surface area contributed by atoms with Crippen LogP contribution in [0.2, 0.25) is 0 Å². The van der Waals surface area contributed by atoms with Crippen molar-refractivity contribution in [3.05, 3.63) is 62.4 Å². The third-order valence-electron chi connectivity index (χ3n) is 3.34. The molecule has 2 aromatic rings. The van der Waals surface area contributed by atoms with Gasteiger partial charge in [0.25, 0.3) is 5.69 Å². The summed E-state index contributed by atoms with van der Waals surface area (Å²) in [7, 11) is 0. The zero-order valence-electron chi connectivity index (χ0n) is 11.9. The van der Waals surface area contributed by atoms with Crippen molar-refractivity contribution in [1.29, 1.82) is 0 Å². The summed E-state index contributed by atoms with van der Waals surface area (Å²) in [4.78, 5) is 10.7. The lowest BCUT2D eigenvalue weighted by molar-refractivity contribution is -0.385. The molecule has 112 valence electrons. The van der Waals surface area contributed by atoms with Gasteiger partial charge >= 0.3 is 0 Å². The molecule has 0 saturated heterocycles. The molecule has 5 nitrogen and oxygen atoms in total. The van der Waals surface area contributed by atoms with Crippen LogP contribution < -0.4 is 0 Å². The first-order valence-corrected chi connectivity index (χ1v) is 7.44. The van der Waals surface area contributed by atoms with E-state index in [2.05, 4.69) is 15.9 Å². The Morgan fingerprint density at radius 3 is 2.71 bits per heavy atom. The molecule has 0 aliphatic carbocycles. The normalized spacial score (nSPS) is 12.6. The van der Waals surface area contributed by atoms with Crippen LogP contribution in [0.1, 0.15) is 31.1 Å². The van der Waals surface area contributed by atoms with Crippen molar-refractivity contribution >= 4 is 21.6 Å². The monoisotopic (exact) mass is 352 g/mol. The van der Waals surface area contributed by atoms with Gasteiger partial charge in [-0.25, -0.2) is 0 Å². The molecule has 0 radical (unpaired) electrons. The van der Waals surface area contributed by atoms with E-state index in [0.717, 1.165) is 5.56 Å². The van der Waals surface area contributed by atoms with Gasteiger partial charge in [-0.3, -0.25) is 10.1 Å². The van der Waals surface area contributed by atoms with Crippen molar-refractivity contribution in [2.75, 3.05) is 0 Å². The predicted molar refractivity (Wildman–Crippen MR) is 84.1 cm³/mol. The fourth-order valence-electron chi connectivity index (χ4n) is 2.15. The summed E-state index contributed by atoms with van der Waals surface area (Å²) in [5, 5.41) is 21.1. The van der Waals surface area contributed by atoms with Gasteiger partial charge in [-0.15, -0.1) is 0 Å². The fraction of sp³-hybridized carbons (Fsp3) is 0.333.